The van der Waals surface area contributed by atoms with Gasteiger partial charge in [-0.15, -0.1) is 0 Å². The summed E-state index contributed by atoms with van der Waals surface area (Å²) >= 11 is 0. The van der Waals surface area contributed by atoms with Crippen LogP contribution in [-0.2, 0) is 0 Å². The van der Waals surface area contributed by atoms with Crippen LogP contribution in [-0.4, -0.2) is 14.4 Å². The topological polar surface area (TPSA) is 73.9 Å². The molecule has 3 rings (SSSR count). The van der Waals surface area contributed by atoms with Crippen LogP contribution in [0.2, 0.25) is 0 Å². The maximum Gasteiger partial charge on any atom is 0.266 e. The van der Waals surface area contributed by atoms with Gasteiger partial charge in [0.2, 0.25) is 5.95 Å². The minimum atomic E-state index is -0.426. The first kappa shape index (κ1) is 13.1. The fourth-order valence-corrected chi connectivity index (χ4v) is 2.30. The lowest BCUT2D eigenvalue weighted by Crippen LogP contribution is -2.12. The summed E-state index contributed by atoms with van der Waals surface area (Å²) in [5.41, 5.74) is 2.43. The highest BCUT2D eigenvalue weighted by Crippen LogP contribution is 2.23. The van der Waals surface area contributed by atoms with E-state index in [1.54, 1.807) is 32.2 Å². The predicted molar refractivity (Wildman–Crippen MR) is 75.4 cm³/mol. The first-order valence-corrected chi connectivity index (χ1v) is 6.30. The number of fused-ring (bicyclic) bond motifs is 1. The number of aromatic nitrogens is 3. The van der Waals surface area contributed by atoms with Crippen LogP contribution >= 0.6 is 0 Å². The summed E-state index contributed by atoms with van der Waals surface area (Å²) in [6, 6.07) is 6.84. The van der Waals surface area contributed by atoms with Gasteiger partial charge in [0.25, 0.3) is 5.56 Å². The Hall–Kier alpha value is -2.94. The monoisotopic (exact) mass is 282 g/mol. The van der Waals surface area contributed by atoms with E-state index in [0.717, 1.165) is 0 Å². The van der Waals surface area contributed by atoms with Gasteiger partial charge in [0.05, 0.1) is 5.69 Å². The fourth-order valence-electron chi connectivity index (χ4n) is 2.30. The molecule has 0 bridgehead atoms. The molecule has 0 fully saturated rings. The Morgan fingerprint density at radius 3 is 2.86 bits per heavy atom. The lowest BCUT2D eigenvalue weighted by Gasteiger charge is -2.07. The molecule has 0 saturated carbocycles. The molecule has 21 heavy (non-hydrogen) atoms. The van der Waals surface area contributed by atoms with Crippen molar-refractivity contribution >= 4 is 5.65 Å². The van der Waals surface area contributed by atoms with Crippen LogP contribution in [0.5, 0.6) is 0 Å². The summed E-state index contributed by atoms with van der Waals surface area (Å²) in [5.74, 6) is -0.422. The van der Waals surface area contributed by atoms with Crippen molar-refractivity contribution in [1.29, 1.82) is 5.26 Å². The van der Waals surface area contributed by atoms with Crippen molar-refractivity contribution in [3.63, 3.8) is 0 Å². The lowest BCUT2D eigenvalue weighted by molar-refractivity contribution is 0.564. The standard InChI is InChI=1S/C15H11FN4O/c1-8-12(5-11(6-17)15(21)19-8)10-3-4-13-18-9(2)14(16)20(13)7-10/h3-5,7H,1-2H3,(H,19,21). The van der Waals surface area contributed by atoms with Crippen LogP contribution in [0.4, 0.5) is 4.39 Å². The van der Waals surface area contributed by atoms with Crippen LogP contribution in [0.3, 0.4) is 0 Å². The molecule has 0 aliphatic carbocycles. The third-order valence-corrected chi connectivity index (χ3v) is 3.39. The van der Waals surface area contributed by atoms with Crippen LogP contribution in [0.25, 0.3) is 16.8 Å². The molecule has 0 aliphatic rings. The number of nitrogens with zero attached hydrogens (tertiary/aromatic N) is 3. The zero-order chi connectivity index (χ0) is 15.1. The zero-order valence-electron chi connectivity index (χ0n) is 11.4. The van der Waals surface area contributed by atoms with E-state index in [-0.39, 0.29) is 5.56 Å². The SMILES string of the molecule is Cc1nc2ccc(-c3cc(C#N)c(=O)[nH]c3C)cn2c1F. The lowest BCUT2D eigenvalue weighted by atomic mass is 10.0. The van der Waals surface area contributed by atoms with E-state index >= 15 is 0 Å². The van der Waals surface area contributed by atoms with Crippen LogP contribution in [0.15, 0.2) is 29.2 Å². The molecule has 104 valence electrons. The number of aromatic amines is 1. The Kier molecular flexibility index (Phi) is 2.84. The number of rotatable bonds is 1. The molecule has 3 heterocycles. The van der Waals surface area contributed by atoms with Gasteiger partial charge >= 0.3 is 0 Å². The second-order valence-corrected chi connectivity index (χ2v) is 4.80. The van der Waals surface area contributed by atoms with E-state index in [1.165, 1.54) is 10.5 Å². The highest BCUT2D eigenvalue weighted by atomic mass is 19.1. The molecule has 6 heteroatoms. The summed E-state index contributed by atoms with van der Waals surface area (Å²) in [7, 11) is 0. The van der Waals surface area contributed by atoms with Crippen molar-refractivity contribution in [2.24, 2.45) is 0 Å². The van der Waals surface area contributed by atoms with Gasteiger partial charge in [-0.1, -0.05) is 0 Å². The summed E-state index contributed by atoms with van der Waals surface area (Å²) in [6.07, 6.45) is 1.60. The predicted octanol–water partition coefficient (Wildman–Crippen LogP) is 2.32. The number of halogens is 1. The van der Waals surface area contributed by atoms with E-state index < -0.39 is 11.5 Å². The van der Waals surface area contributed by atoms with E-state index in [9.17, 15) is 9.18 Å². The van der Waals surface area contributed by atoms with Gasteiger partial charge in [-0.2, -0.15) is 9.65 Å². The van der Waals surface area contributed by atoms with Crippen LogP contribution < -0.4 is 5.56 Å². The molecule has 0 radical (unpaired) electrons. The van der Waals surface area contributed by atoms with Gasteiger partial charge in [0, 0.05) is 23.0 Å². The average molecular weight is 282 g/mol. The Bertz CT molecular complexity index is 962. The van der Waals surface area contributed by atoms with E-state index in [1.807, 2.05) is 6.07 Å². The summed E-state index contributed by atoms with van der Waals surface area (Å²) in [4.78, 5) is 18.3. The molecule has 3 aromatic heterocycles. The molecule has 0 aliphatic heterocycles. The third kappa shape index (κ3) is 1.99. The van der Waals surface area contributed by atoms with Crippen molar-refractivity contribution in [3.8, 4) is 17.2 Å². The number of nitrogens with one attached hydrogen (secondary N) is 1. The van der Waals surface area contributed by atoms with Crippen molar-refractivity contribution in [2.45, 2.75) is 13.8 Å². The molecule has 0 amide bonds. The van der Waals surface area contributed by atoms with E-state index in [4.69, 9.17) is 5.26 Å². The quantitative estimate of drug-likeness (QED) is 0.744. The summed E-state index contributed by atoms with van der Waals surface area (Å²) < 4.78 is 15.3. The molecule has 0 unspecified atom stereocenters. The number of nitriles is 1. The number of aryl methyl sites for hydroxylation is 2. The second kappa shape index (κ2) is 4.56. The molecule has 0 spiro atoms. The number of hydrogen-bond donors (Lipinski definition) is 1. The number of pyridine rings is 2. The van der Waals surface area contributed by atoms with Gasteiger partial charge in [0.1, 0.15) is 17.3 Å². The molecule has 0 saturated heterocycles. The molecule has 0 aromatic carbocycles. The highest BCUT2D eigenvalue weighted by Gasteiger charge is 2.11. The molecular formula is C15H11FN4O. The fraction of sp³-hybridized carbons (Fsp3) is 0.133. The highest BCUT2D eigenvalue weighted by molar-refractivity contribution is 5.68. The van der Waals surface area contributed by atoms with Gasteiger partial charge in [-0.05, 0) is 32.0 Å². The van der Waals surface area contributed by atoms with Gasteiger partial charge in [-0.25, -0.2) is 4.98 Å². The Morgan fingerprint density at radius 2 is 2.14 bits per heavy atom. The Labute approximate surface area is 119 Å². The first-order chi connectivity index (χ1) is 10.0. The summed E-state index contributed by atoms with van der Waals surface area (Å²) in [6.45, 7) is 3.33. The second-order valence-electron chi connectivity index (χ2n) is 4.80. The Balaban J connectivity index is 2.28. The van der Waals surface area contributed by atoms with E-state index in [2.05, 4.69) is 9.97 Å². The van der Waals surface area contributed by atoms with E-state index in [0.29, 0.717) is 28.2 Å². The molecule has 5 nitrogen and oxygen atoms in total. The molecule has 1 N–H and O–H groups in total. The van der Waals surface area contributed by atoms with Gasteiger partial charge in [0.15, 0.2) is 0 Å². The molecule has 0 atom stereocenters. The largest absolute Gasteiger partial charge is 0.325 e. The summed E-state index contributed by atoms with van der Waals surface area (Å²) in [5, 5.41) is 8.95. The maximum absolute atomic E-state index is 14.0. The third-order valence-electron chi connectivity index (χ3n) is 3.39. The number of imidazole rings is 1. The van der Waals surface area contributed by atoms with Crippen molar-refractivity contribution in [3.05, 3.63) is 57.6 Å². The molecule has 3 aromatic rings. The van der Waals surface area contributed by atoms with Crippen molar-refractivity contribution < 1.29 is 4.39 Å². The van der Waals surface area contributed by atoms with Crippen LogP contribution in [0.1, 0.15) is 17.0 Å². The van der Waals surface area contributed by atoms with Gasteiger partial charge < -0.3 is 4.98 Å². The smallest absolute Gasteiger partial charge is 0.266 e. The van der Waals surface area contributed by atoms with Crippen LogP contribution in [0, 0.1) is 31.1 Å². The minimum absolute atomic E-state index is 0.0259. The van der Waals surface area contributed by atoms with Crippen molar-refractivity contribution in [1.82, 2.24) is 14.4 Å². The van der Waals surface area contributed by atoms with Gasteiger partial charge in [-0.3, -0.25) is 9.20 Å². The van der Waals surface area contributed by atoms with Crippen molar-refractivity contribution in [2.75, 3.05) is 0 Å². The first-order valence-electron chi connectivity index (χ1n) is 6.30. The maximum atomic E-state index is 14.0. The number of H-pyrrole nitrogens is 1. The number of hydrogen-bond acceptors (Lipinski definition) is 3. The minimum Gasteiger partial charge on any atom is -0.325 e. The Morgan fingerprint density at radius 1 is 1.38 bits per heavy atom. The normalized spacial score (nSPS) is 10.8. The average Bonchev–Trinajstić information content (AvgIpc) is 2.74. The zero-order valence-corrected chi connectivity index (χ0v) is 11.4. The molecular weight excluding hydrogens is 271 g/mol.